The molecule has 0 aliphatic carbocycles. The number of hydrogen-bond donors (Lipinski definition) is 1. The summed E-state index contributed by atoms with van der Waals surface area (Å²) in [6.07, 6.45) is 1.90. The van der Waals surface area contributed by atoms with E-state index in [-0.39, 0.29) is 12.5 Å². The highest BCUT2D eigenvalue weighted by Gasteiger charge is 2.30. The van der Waals surface area contributed by atoms with Gasteiger partial charge in [-0.1, -0.05) is 39.8 Å². The highest BCUT2D eigenvalue weighted by molar-refractivity contribution is 5.94. The summed E-state index contributed by atoms with van der Waals surface area (Å²) in [5.41, 5.74) is 3.41. The first-order valence-corrected chi connectivity index (χ1v) is 8.93. The van der Waals surface area contributed by atoms with E-state index in [4.69, 9.17) is 9.47 Å². The van der Waals surface area contributed by atoms with E-state index in [1.54, 1.807) is 6.08 Å². The predicted molar refractivity (Wildman–Crippen MR) is 104 cm³/mol. The predicted octanol–water partition coefficient (Wildman–Crippen LogP) is 4.25. The monoisotopic (exact) mass is 361 g/mol. The lowest BCUT2D eigenvalue weighted by Crippen LogP contribution is -2.32. The molecule has 5 heteroatoms. The van der Waals surface area contributed by atoms with Crippen molar-refractivity contribution in [2.24, 2.45) is 5.92 Å². The Hall–Kier alpha value is -2.30. The van der Waals surface area contributed by atoms with Crippen molar-refractivity contribution in [1.82, 2.24) is 0 Å². The van der Waals surface area contributed by atoms with E-state index in [2.05, 4.69) is 57.8 Å². The fraction of sp³-hybridized carbons (Fsp3) is 0.524. The van der Waals surface area contributed by atoms with Crippen molar-refractivity contribution in [3.05, 3.63) is 42.0 Å². The summed E-state index contributed by atoms with van der Waals surface area (Å²) in [6, 6.07) is 6.13. The Balaban J connectivity index is 3.07. The van der Waals surface area contributed by atoms with Crippen LogP contribution in [0.1, 0.15) is 57.1 Å². The largest absolute Gasteiger partial charge is 0.468 e. The van der Waals surface area contributed by atoms with Gasteiger partial charge in [-0.3, -0.25) is 9.59 Å². The molecule has 1 unspecified atom stereocenters. The van der Waals surface area contributed by atoms with E-state index < -0.39 is 17.9 Å². The first-order valence-electron chi connectivity index (χ1n) is 8.93. The van der Waals surface area contributed by atoms with Gasteiger partial charge < -0.3 is 14.8 Å². The van der Waals surface area contributed by atoms with Crippen LogP contribution in [-0.4, -0.2) is 32.2 Å². The Morgan fingerprint density at radius 3 is 1.81 bits per heavy atom. The molecule has 26 heavy (non-hydrogen) atoms. The maximum absolute atomic E-state index is 11.9. The summed E-state index contributed by atoms with van der Waals surface area (Å²) in [7, 11) is 2.52. The molecule has 1 aromatic carbocycles. The van der Waals surface area contributed by atoms with Gasteiger partial charge in [0.2, 0.25) is 0 Å². The van der Waals surface area contributed by atoms with E-state index in [0.717, 1.165) is 5.69 Å². The van der Waals surface area contributed by atoms with E-state index in [0.29, 0.717) is 11.8 Å². The number of methoxy groups -OCH3 is 2. The minimum Gasteiger partial charge on any atom is -0.468 e. The molecule has 1 atom stereocenters. The first kappa shape index (κ1) is 21.7. The minimum atomic E-state index is -0.988. The number of carbonyl (C=O) groups excluding carboxylic acids is 2. The number of rotatable bonds is 9. The molecule has 1 N–H and O–H groups in total. The standard InChI is InChI=1S/C21H31NO4/c1-8-17(12-19(20(23)25-6)21(24)26-7)22-18-10-15(13(2)3)9-16(11-18)14(4)5/h8-11,13-14,17,19,22H,1,12H2,2-7H3. The molecule has 0 heterocycles. The Kier molecular flexibility index (Phi) is 8.36. The summed E-state index contributed by atoms with van der Waals surface area (Å²) in [6.45, 7) is 12.4. The van der Waals surface area contributed by atoms with Crippen LogP contribution in [0.4, 0.5) is 5.69 Å². The van der Waals surface area contributed by atoms with Crippen molar-refractivity contribution < 1.29 is 19.1 Å². The summed E-state index contributed by atoms with van der Waals surface area (Å²) >= 11 is 0. The summed E-state index contributed by atoms with van der Waals surface area (Å²) in [4.78, 5) is 23.8. The fourth-order valence-corrected chi connectivity index (χ4v) is 2.68. The zero-order valence-corrected chi connectivity index (χ0v) is 16.7. The van der Waals surface area contributed by atoms with Crippen molar-refractivity contribution in [2.75, 3.05) is 19.5 Å². The average molecular weight is 361 g/mol. The molecule has 0 aliphatic rings. The van der Waals surface area contributed by atoms with Crippen molar-refractivity contribution in [3.63, 3.8) is 0 Å². The Morgan fingerprint density at radius 2 is 1.46 bits per heavy atom. The van der Waals surface area contributed by atoms with E-state index in [9.17, 15) is 9.59 Å². The van der Waals surface area contributed by atoms with Crippen molar-refractivity contribution >= 4 is 17.6 Å². The second-order valence-corrected chi connectivity index (χ2v) is 7.02. The Morgan fingerprint density at radius 1 is 1.00 bits per heavy atom. The molecule has 5 nitrogen and oxygen atoms in total. The van der Waals surface area contributed by atoms with Gasteiger partial charge >= 0.3 is 11.9 Å². The van der Waals surface area contributed by atoms with Crippen LogP contribution >= 0.6 is 0 Å². The van der Waals surface area contributed by atoms with Crippen LogP contribution < -0.4 is 5.32 Å². The summed E-state index contributed by atoms with van der Waals surface area (Å²) in [5.74, 6) is -1.41. The van der Waals surface area contributed by atoms with Crippen LogP contribution in [0.3, 0.4) is 0 Å². The number of esters is 2. The number of ether oxygens (including phenoxy) is 2. The molecule has 0 fully saturated rings. The first-order chi connectivity index (χ1) is 12.2. The average Bonchev–Trinajstić information content (AvgIpc) is 2.63. The maximum atomic E-state index is 11.9. The van der Waals surface area contributed by atoms with Crippen molar-refractivity contribution in [1.29, 1.82) is 0 Å². The molecular formula is C21H31NO4. The molecule has 0 aromatic heterocycles. The highest BCUT2D eigenvalue weighted by atomic mass is 16.5. The van der Waals surface area contributed by atoms with Gasteiger partial charge in [-0.15, -0.1) is 6.58 Å². The van der Waals surface area contributed by atoms with Gasteiger partial charge in [-0.25, -0.2) is 0 Å². The van der Waals surface area contributed by atoms with Gasteiger partial charge in [0.05, 0.1) is 14.2 Å². The molecule has 0 saturated carbocycles. The molecule has 0 radical (unpaired) electrons. The number of carbonyl (C=O) groups is 2. The maximum Gasteiger partial charge on any atom is 0.320 e. The van der Waals surface area contributed by atoms with Gasteiger partial charge in [0, 0.05) is 11.7 Å². The van der Waals surface area contributed by atoms with Gasteiger partial charge in [0.15, 0.2) is 5.92 Å². The third-order valence-electron chi connectivity index (χ3n) is 4.41. The smallest absolute Gasteiger partial charge is 0.320 e. The number of anilines is 1. The normalized spacial score (nSPS) is 12.2. The molecule has 0 spiro atoms. The zero-order valence-electron chi connectivity index (χ0n) is 16.7. The van der Waals surface area contributed by atoms with E-state index in [1.165, 1.54) is 25.3 Å². The molecule has 0 amide bonds. The number of nitrogens with one attached hydrogen (secondary N) is 1. The topological polar surface area (TPSA) is 64.6 Å². The molecule has 1 rings (SSSR count). The lowest BCUT2D eigenvalue weighted by molar-refractivity contribution is -0.159. The van der Waals surface area contributed by atoms with Crippen LogP contribution in [-0.2, 0) is 19.1 Å². The Labute approximate surface area is 156 Å². The number of hydrogen-bond acceptors (Lipinski definition) is 5. The van der Waals surface area contributed by atoms with Gasteiger partial charge in [0.1, 0.15) is 0 Å². The van der Waals surface area contributed by atoms with E-state index >= 15 is 0 Å². The summed E-state index contributed by atoms with van der Waals surface area (Å²) < 4.78 is 9.46. The SMILES string of the molecule is C=CC(CC(C(=O)OC)C(=O)OC)Nc1cc(C(C)C)cc(C(C)C)c1. The van der Waals surface area contributed by atoms with Crippen LogP contribution in [0.15, 0.2) is 30.9 Å². The van der Waals surface area contributed by atoms with Crippen LogP contribution in [0.2, 0.25) is 0 Å². The van der Waals surface area contributed by atoms with Crippen LogP contribution in [0.25, 0.3) is 0 Å². The van der Waals surface area contributed by atoms with Gasteiger partial charge in [0.25, 0.3) is 0 Å². The lowest BCUT2D eigenvalue weighted by Gasteiger charge is -2.22. The second kappa shape index (κ2) is 10.00. The molecule has 0 aliphatic heterocycles. The third kappa shape index (κ3) is 5.90. The van der Waals surface area contributed by atoms with E-state index in [1.807, 2.05) is 0 Å². The van der Waals surface area contributed by atoms with Crippen LogP contribution in [0, 0.1) is 5.92 Å². The molecule has 0 saturated heterocycles. The molecular weight excluding hydrogens is 330 g/mol. The van der Waals surface area contributed by atoms with Crippen LogP contribution in [0.5, 0.6) is 0 Å². The summed E-state index contributed by atoms with van der Waals surface area (Å²) in [5, 5.41) is 3.37. The Bertz CT molecular complexity index is 595. The molecule has 0 bridgehead atoms. The highest BCUT2D eigenvalue weighted by Crippen LogP contribution is 2.27. The lowest BCUT2D eigenvalue weighted by atomic mass is 9.94. The third-order valence-corrected chi connectivity index (χ3v) is 4.41. The zero-order chi connectivity index (χ0) is 19.9. The number of benzene rings is 1. The second-order valence-electron chi connectivity index (χ2n) is 7.02. The molecule has 1 aromatic rings. The fourth-order valence-electron chi connectivity index (χ4n) is 2.68. The van der Waals surface area contributed by atoms with Gasteiger partial charge in [-0.2, -0.15) is 0 Å². The van der Waals surface area contributed by atoms with Crippen molar-refractivity contribution in [3.8, 4) is 0 Å². The quantitative estimate of drug-likeness (QED) is 0.405. The van der Waals surface area contributed by atoms with Crippen molar-refractivity contribution in [2.45, 2.75) is 52.0 Å². The van der Waals surface area contributed by atoms with Gasteiger partial charge in [-0.05, 0) is 41.5 Å². The minimum absolute atomic E-state index is 0.214. The molecule has 144 valence electrons.